The van der Waals surface area contributed by atoms with Crippen LogP contribution in [0.4, 0.5) is 0 Å². The molecule has 0 saturated heterocycles. The highest BCUT2D eigenvalue weighted by Gasteiger charge is 2.06. The summed E-state index contributed by atoms with van der Waals surface area (Å²) in [5.74, 6) is 0.740. The Morgan fingerprint density at radius 2 is 2.08 bits per heavy atom. The largest absolute Gasteiger partial charge is 0.270 e. The lowest BCUT2D eigenvalue weighted by Crippen LogP contribution is -2.08. The molecule has 0 aromatic carbocycles. The maximum absolute atomic E-state index is 4.29. The van der Waals surface area contributed by atoms with Gasteiger partial charge in [-0.3, -0.25) is 4.68 Å². The van der Waals surface area contributed by atoms with E-state index in [4.69, 9.17) is 0 Å². The summed E-state index contributed by atoms with van der Waals surface area (Å²) in [5.41, 5.74) is 1.24. The van der Waals surface area contributed by atoms with E-state index in [1.165, 1.54) is 12.0 Å². The van der Waals surface area contributed by atoms with Gasteiger partial charge in [0.05, 0.1) is 6.20 Å². The van der Waals surface area contributed by atoms with E-state index in [2.05, 4.69) is 43.7 Å². The fraction of sp³-hybridized carbons (Fsp3) is 0.700. The molecule has 1 heterocycles. The molecule has 1 atom stereocenters. The maximum Gasteiger partial charge on any atom is 0.0519 e. The lowest BCUT2D eigenvalue weighted by atomic mass is 10.1. The van der Waals surface area contributed by atoms with E-state index in [-0.39, 0.29) is 0 Å². The van der Waals surface area contributed by atoms with Crippen molar-refractivity contribution < 1.29 is 0 Å². The normalized spacial score (nSPS) is 13.8. The molecule has 0 unspecified atom stereocenters. The van der Waals surface area contributed by atoms with E-state index >= 15 is 0 Å². The van der Waals surface area contributed by atoms with Crippen LogP contribution in [-0.4, -0.2) is 9.78 Å². The van der Waals surface area contributed by atoms with Crippen LogP contribution in [0.15, 0.2) is 12.4 Å². The maximum atomic E-state index is 4.29. The third-order valence-corrected chi connectivity index (χ3v) is 1.99. The average molecular weight is 166 g/mol. The first-order chi connectivity index (χ1) is 5.59. The second kappa shape index (κ2) is 3.74. The summed E-state index contributed by atoms with van der Waals surface area (Å²) >= 11 is 0. The van der Waals surface area contributed by atoms with E-state index in [9.17, 15) is 0 Å². The van der Waals surface area contributed by atoms with Crippen LogP contribution in [0.1, 0.15) is 38.8 Å². The smallest absolute Gasteiger partial charge is 0.0519 e. The molecule has 12 heavy (non-hydrogen) atoms. The van der Waals surface area contributed by atoms with Crippen molar-refractivity contribution in [3.63, 3.8) is 0 Å². The van der Waals surface area contributed by atoms with Crippen molar-refractivity contribution in [1.29, 1.82) is 0 Å². The molecule has 0 radical (unpaired) electrons. The second-order valence-electron chi connectivity index (χ2n) is 3.98. The predicted molar refractivity (Wildman–Crippen MR) is 51.1 cm³/mol. The van der Waals surface area contributed by atoms with Crippen LogP contribution in [0, 0.1) is 12.8 Å². The van der Waals surface area contributed by atoms with Crippen molar-refractivity contribution in [2.45, 2.75) is 40.2 Å². The molecule has 2 heteroatoms. The van der Waals surface area contributed by atoms with E-state index < -0.39 is 0 Å². The minimum Gasteiger partial charge on any atom is -0.270 e. The molecular weight excluding hydrogens is 148 g/mol. The van der Waals surface area contributed by atoms with Gasteiger partial charge in [0.15, 0.2) is 0 Å². The molecule has 1 aromatic rings. The summed E-state index contributed by atoms with van der Waals surface area (Å²) in [5, 5.41) is 4.29. The molecular formula is C10H18N2. The highest BCUT2D eigenvalue weighted by Crippen LogP contribution is 2.15. The fourth-order valence-corrected chi connectivity index (χ4v) is 1.46. The molecule has 68 valence electrons. The first kappa shape index (κ1) is 9.30. The minimum absolute atomic E-state index is 0.527. The van der Waals surface area contributed by atoms with Gasteiger partial charge in [0.1, 0.15) is 0 Å². The lowest BCUT2D eigenvalue weighted by Gasteiger charge is -2.13. The van der Waals surface area contributed by atoms with Gasteiger partial charge in [-0.2, -0.15) is 5.10 Å². The molecule has 0 amide bonds. The van der Waals surface area contributed by atoms with Crippen LogP contribution in [0.5, 0.6) is 0 Å². The van der Waals surface area contributed by atoms with Gasteiger partial charge in [0.25, 0.3) is 0 Å². The van der Waals surface area contributed by atoms with Crippen LogP contribution < -0.4 is 0 Å². The summed E-state index contributed by atoms with van der Waals surface area (Å²) < 4.78 is 2.05. The number of rotatable bonds is 3. The molecule has 0 N–H and O–H groups in total. The van der Waals surface area contributed by atoms with Crippen LogP contribution in [-0.2, 0) is 0 Å². The van der Waals surface area contributed by atoms with Gasteiger partial charge in [-0.05, 0) is 31.7 Å². The van der Waals surface area contributed by atoms with E-state index in [1.54, 1.807) is 0 Å². The van der Waals surface area contributed by atoms with E-state index in [1.807, 2.05) is 6.20 Å². The number of hydrogen-bond donors (Lipinski definition) is 0. The third kappa shape index (κ3) is 2.36. The minimum atomic E-state index is 0.527. The van der Waals surface area contributed by atoms with Crippen molar-refractivity contribution in [3.8, 4) is 0 Å². The molecule has 0 saturated carbocycles. The Hall–Kier alpha value is -0.790. The zero-order valence-corrected chi connectivity index (χ0v) is 8.41. The van der Waals surface area contributed by atoms with E-state index in [0.29, 0.717) is 6.04 Å². The molecule has 0 aliphatic heterocycles. The standard InChI is InChI=1S/C10H18N2/c1-8(2)5-10(4)12-7-9(3)6-11-12/h6-8,10H,5H2,1-4H3/t10-/m1/s1. The summed E-state index contributed by atoms with van der Waals surface area (Å²) in [6.07, 6.45) is 5.21. The van der Waals surface area contributed by atoms with Gasteiger partial charge in [-0.15, -0.1) is 0 Å². The number of aryl methyl sites for hydroxylation is 1. The second-order valence-corrected chi connectivity index (χ2v) is 3.98. The van der Waals surface area contributed by atoms with Crippen LogP contribution in [0.3, 0.4) is 0 Å². The summed E-state index contributed by atoms with van der Waals surface area (Å²) in [6, 6.07) is 0.527. The monoisotopic (exact) mass is 166 g/mol. The average Bonchev–Trinajstić information content (AvgIpc) is 2.34. The quantitative estimate of drug-likeness (QED) is 0.675. The SMILES string of the molecule is Cc1cnn([C@H](C)CC(C)C)c1. The molecule has 0 aliphatic carbocycles. The van der Waals surface area contributed by atoms with Crippen molar-refractivity contribution in [1.82, 2.24) is 9.78 Å². The predicted octanol–water partition coefficient (Wildman–Crippen LogP) is 2.80. The number of hydrogen-bond acceptors (Lipinski definition) is 1. The van der Waals surface area contributed by atoms with Gasteiger partial charge >= 0.3 is 0 Å². The number of nitrogens with zero attached hydrogens (tertiary/aromatic N) is 2. The number of aromatic nitrogens is 2. The zero-order chi connectivity index (χ0) is 9.14. The van der Waals surface area contributed by atoms with Crippen molar-refractivity contribution in [3.05, 3.63) is 18.0 Å². The van der Waals surface area contributed by atoms with Crippen molar-refractivity contribution in [2.75, 3.05) is 0 Å². The lowest BCUT2D eigenvalue weighted by molar-refractivity contribution is 0.398. The van der Waals surface area contributed by atoms with Crippen LogP contribution >= 0.6 is 0 Å². The highest BCUT2D eigenvalue weighted by atomic mass is 15.3. The Kier molecular flexibility index (Phi) is 2.90. The summed E-state index contributed by atoms with van der Waals surface area (Å²) in [6.45, 7) is 8.78. The van der Waals surface area contributed by atoms with Gasteiger partial charge in [-0.1, -0.05) is 13.8 Å². The van der Waals surface area contributed by atoms with E-state index in [0.717, 1.165) is 5.92 Å². The van der Waals surface area contributed by atoms with Gasteiger partial charge in [-0.25, -0.2) is 0 Å². The summed E-state index contributed by atoms with van der Waals surface area (Å²) in [4.78, 5) is 0. The zero-order valence-electron chi connectivity index (χ0n) is 8.41. The van der Waals surface area contributed by atoms with Crippen molar-refractivity contribution in [2.24, 2.45) is 5.92 Å². The fourth-order valence-electron chi connectivity index (χ4n) is 1.46. The Morgan fingerprint density at radius 1 is 1.42 bits per heavy atom. The molecule has 0 aliphatic rings. The summed E-state index contributed by atoms with van der Waals surface area (Å²) in [7, 11) is 0. The van der Waals surface area contributed by atoms with Crippen LogP contribution in [0.25, 0.3) is 0 Å². The molecule has 1 aromatic heterocycles. The Morgan fingerprint density at radius 3 is 2.50 bits per heavy atom. The highest BCUT2D eigenvalue weighted by molar-refractivity contribution is 5.00. The first-order valence-corrected chi connectivity index (χ1v) is 4.60. The topological polar surface area (TPSA) is 17.8 Å². The molecule has 0 bridgehead atoms. The van der Waals surface area contributed by atoms with Crippen LogP contribution in [0.2, 0.25) is 0 Å². The molecule has 2 nitrogen and oxygen atoms in total. The first-order valence-electron chi connectivity index (χ1n) is 4.60. The van der Waals surface area contributed by atoms with Gasteiger partial charge in [0, 0.05) is 12.2 Å². The Labute approximate surface area is 74.6 Å². The molecule has 0 fully saturated rings. The van der Waals surface area contributed by atoms with Gasteiger partial charge < -0.3 is 0 Å². The Bertz CT molecular complexity index is 238. The molecule has 1 rings (SSSR count). The van der Waals surface area contributed by atoms with Gasteiger partial charge in [0.2, 0.25) is 0 Å². The van der Waals surface area contributed by atoms with Crippen molar-refractivity contribution >= 4 is 0 Å². The third-order valence-electron chi connectivity index (χ3n) is 1.99. The molecule has 0 spiro atoms. The Balaban J connectivity index is 2.58.